The second-order valence-electron chi connectivity index (χ2n) is 1.91. The number of hydrogen-bond donors (Lipinski definition) is 1. The molecule has 0 unspecified atom stereocenters. The first-order valence-corrected chi connectivity index (χ1v) is 7.73. The summed E-state index contributed by atoms with van der Waals surface area (Å²) in [5.74, 6) is 0. The van der Waals surface area contributed by atoms with Crippen molar-refractivity contribution in [1.82, 2.24) is 0 Å². The van der Waals surface area contributed by atoms with Crippen LogP contribution in [0.25, 0.3) is 0 Å². The molecule has 1 aliphatic rings. The molecule has 0 spiro atoms. The Bertz CT molecular complexity index is 352. The Kier molecular flexibility index (Phi) is 2.66. The van der Waals surface area contributed by atoms with Gasteiger partial charge in [0, 0.05) is 0 Å². The van der Waals surface area contributed by atoms with Gasteiger partial charge in [-0.1, -0.05) is 0 Å². The van der Waals surface area contributed by atoms with Gasteiger partial charge in [-0.15, -0.1) is 0 Å². The van der Waals surface area contributed by atoms with Gasteiger partial charge < -0.3 is 0 Å². The van der Waals surface area contributed by atoms with Gasteiger partial charge in [0.05, 0.1) is 0 Å². The van der Waals surface area contributed by atoms with Crippen molar-refractivity contribution < 1.29 is 17.4 Å². The first-order chi connectivity index (χ1) is 5.02. The van der Waals surface area contributed by atoms with Crippen molar-refractivity contribution >= 4 is 36.1 Å². The first-order valence-electron chi connectivity index (χ1n) is 2.74. The number of hydrogen-bond acceptors (Lipinski definition) is 2. The second kappa shape index (κ2) is 3.20. The molecule has 0 atom stereocenters. The van der Waals surface area contributed by atoms with Crippen molar-refractivity contribution in [1.29, 1.82) is 0 Å². The maximum atomic E-state index is 12.7. The molecule has 0 fully saturated rings. The third-order valence-electron chi connectivity index (χ3n) is 1.11. The molecule has 0 bridgehead atoms. The molecule has 0 aromatic heterocycles. The van der Waals surface area contributed by atoms with Crippen molar-refractivity contribution in [2.45, 2.75) is 0 Å². The fourth-order valence-corrected chi connectivity index (χ4v) is 4.74. The molecule has 1 aliphatic heterocycles. The Hall–Kier alpha value is 0.0601. The third kappa shape index (κ3) is 2.25. The average Bonchev–Trinajstić information content (AvgIpc) is 1.86. The summed E-state index contributed by atoms with van der Waals surface area (Å²) in [6, 6.07) is 0. The predicted octanol–water partition coefficient (Wildman–Crippen LogP) is 0.0890. The molecule has 3 nitrogen and oxygen atoms in total. The second-order valence-corrected chi connectivity index (χ2v) is 6.79. The number of allylic oxidation sites excluding steroid dienone is 3. The van der Waals surface area contributed by atoms with Crippen LogP contribution in [-0.2, 0) is 10.1 Å². The van der Waals surface area contributed by atoms with Gasteiger partial charge in [-0.05, 0) is 0 Å². The van der Waals surface area contributed by atoms with E-state index in [1.54, 1.807) is 3.83 Å². The molecule has 6 heteroatoms. The van der Waals surface area contributed by atoms with Crippen LogP contribution < -0.4 is 0 Å². The van der Waals surface area contributed by atoms with E-state index >= 15 is 0 Å². The van der Waals surface area contributed by atoms with Crippen LogP contribution in [-0.4, -0.2) is 38.9 Å². The average molecular weight is 278 g/mol. The Morgan fingerprint density at radius 1 is 1.55 bits per heavy atom. The van der Waals surface area contributed by atoms with E-state index in [0.717, 1.165) is 6.08 Å². The van der Waals surface area contributed by atoms with Crippen LogP contribution in [0.5, 0.6) is 0 Å². The zero-order valence-corrected chi connectivity index (χ0v) is 9.47. The predicted molar refractivity (Wildman–Crippen MR) is 40.6 cm³/mol. The van der Waals surface area contributed by atoms with E-state index in [-0.39, 0.29) is 0 Å². The Morgan fingerprint density at radius 3 is 2.55 bits per heavy atom. The van der Waals surface area contributed by atoms with Crippen molar-refractivity contribution in [3.05, 3.63) is 20.9 Å². The van der Waals surface area contributed by atoms with E-state index in [1.165, 1.54) is 6.08 Å². The SMILES string of the molecule is O=S(=O)(O)C1=CC=[CH][In]=[C]1F. The van der Waals surface area contributed by atoms with Crippen LogP contribution in [0.3, 0.4) is 0 Å². The van der Waals surface area contributed by atoms with Crippen LogP contribution in [0, 0.1) is 0 Å². The van der Waals surface area contributed by atoms with E-state index in [1.807, 2.05) is 0 Å². The standard InChI is InChI=1S/C5H4FO3S.In/c1-2-3-5(4-6)10(7,8)9;/h1-3H,(H,7,8,9);. The van der Waals surface area contributed by atoms with Crippen LogP contribution in [0.1, 0.15) is 0 Å². The molecule has 58 valence electrons. The van der Waals surface area contributed by atoms with Gasteiger partial charge in [-0.2, -0.15) is 0 Å². The Labute approximate surface area is 74.2 Å². The molecule has 0 aromatic carbocycles. The summed E-state index contributed by atoms with van der Waals surface area (Å²) in [7, 11) is -4.33. The number of rotatable bonds is 1. The van der Waals surface area contributed by atoms with Crippen LogP contribution in [0.4, 0.5) is 4.39 Å². The molecule has 1 N–H and O–H groups in total. The summed E-state index contributed by atoms with van der Waals surface area (Å²) < 4.78 is 43.0. The zero-order chi connectivity index (χ0) is 8.48. The van der Waals surface area contributed by atoms with Crippen molar-refractivity contribution in [2.24, 2.45) is 0 Å². The van der Waals surface area contributed by atoms with E-state index in [2.05, 4.69) is 0 Å². The van der Waals surface area contributed by atoms with Gasteiger partial charge in [0.2, 0.25) is 0 Å². The minimum absolute atomic E-state index is 0.554. The topological polar surface area (TPSA) is 54.4 Å². The quantitative estimate of drug-likeness (QED) is 0.691. The summed E-state index contributed by atoms with van der Waals surface area (Å²) in [6.45, 7) is 0. The fourth-order valence-electron chi connectivity index (χ4n) is 0.654. The fraction of sp³-hybridized carbons (Fsp3) is 0. The molecule has 1 heterocycles. The van der Waals surface area contributed by atoms with Gasteiger partial charge in [0.25, 0.3) is 0 Å². The zero-order valence-electron chi connectivity index (χ0n) is 5.36. The van der Waals surface area contributed by atoms with Crippen molar-refractivity contribution in [3.8, 4) is 0 Å². The molecular formula is C5H4FInO3S. The molecule has 0 aliphatic carbocycles. The van der Waals surface area contributed by atoms with Crippen molar-refractivity contribution in [2.75, 3.05) is 0 Å². The van der Waals surface area contributed by atoms with Gasteiger partial charge in [0.15, 0.2) is 0 Å². The van der Waals surface area contributed by atoms with E-state index in [4.69, 9.17) is 4.55 Å². The third-order valence-corrected chi connectivity index (χ3v) is 5.51. The summed E-state index contributed by atoms with van der Waals surface area (Å²) in [6.07, 6.45) is 2.54. The normalized spacial score (nSPS) is 16.9. The summed E-state index contributed by atoms with van der Waals surface area (Å²) in [5.41, 5.74) is 0. The van der Waals surface area contributed by atoms with Gasteiger partial charge in [0.1, 0.15) is 0 Å². The molecule has 1 rings (SSSR count). The molecule has 0 saturated heterocycles. The number of halogens is 1. The molecule has 0 aromatic rings. The monoisotopic (exact) mass is 278 g/mol. The van der Waals surface area contributed by atoms with Gasteiger partial charge >= 0.3 is 74.3 Å². The first kappa shape index (κ1) is 9.15. The van der Waals surface area contributed by atoms with E-state index < -0.39 is 41.0 Å². The van der Waals surface area contributed by atoms with E-state index in [9.17, 15) is 12.8 Å². The summed E-state index contributed by atoms with van der Waals surface area (Å²) >= 11 is -1.66. The maximum absolute atomic E-state index is 12.7. The summed E-state index contributed by atoms with van der Waals surface area (Å²) in [5, 5.41) is 0. The molecular weight excluding hydrogens is 274 g/mol. The van der Waals surface area contributed by atoms with Gasteiger partial charge in [-0.25, -0.2) is 0 Å². The molecule has 11 heavy (non-hydrogen) atoms. The van der Waals surface area contributed by atoms with Crippen LogP contribution in [0.15, 0.2) is 20.9 Å². The summed E-state index contributed by atoms with van der Waals surface area (Å²) in [4.78, 5) is -0.554. The minimum atomic E-state index is -4.33. The molecule has 0 saturated carbocycles. The molecule has 0 amide bonds. The van der Waals surface area contributed by atoms with Crippen molar-refractivity contribution in [3.63, 3.8) is 0 Å². The van der Waals surface area contributed by atoms with Crippen LogP contribution >= 0.6 is 0 Å². The van der Waals surface area contributed by atoms with Gasteiger partial charge in [-0.3, -0.25) is 0 Å². The molecule has 0 radical (unpaired) electrons. The Morgan fingerprint density at radius 2 is 2.18 bits per heavy atom. The van der Waals surface area contributed by atoms with E-state index in [0.29, 0.717) is 0 Å². The van der Waals surface area contributed by atoms with Crippen LogP contribution in [0.2, 0.25) is 0 Å². The Balaban J connectivity index is 3.20.